The second-order valence-corrected chi connectivity index (χ2v) is 5.89. The quantitative estimate of drug-likeness (QED) is 0.493. The average molecular weight is 320 g/mol. The van der Waals surface area contributed by atoms with Gasteiger partial charge >= 0.3 is 0 Å². The third kappa shape index (κ3) is 2.96. The molecule has 0 bridgehead atoms. The molecule has 2 heteroatoms. The highest BCUT2D eigenvalue weighted by Gasteiger charge is 2.06. The maximum absolute atomic E-state index is 9.28. The highest BCUT2D eigenvalue weighted by atomic mass is 14.9. The van der Waals surface area contributed by atoms with Gasteiger partial charge in [0.25, 0.3) is 0 Å². The first kappa shape index (κ1) is 15.0. The van der Waals surface area contributed by atoms with E-state index in [0.717, 1.165) is 22.1 Å². The van der Waals surface area contributed by atoms with Gasteiger partial charge in [-0.25, -0.2) is 0 Å². The normalized spacial score (nSPS) is 10.4. The molecule has 0 saturated carbocycles. The topological polar surface area (TPSA) is 35.8 Å². The van der Waals surface area contributed by atoms with Gasteiger partial charge in [-0.15, -0.1) is 0 Å². The summed E-state index contributed by atoms with van der Waals surface area (Å²) in [6, 6.07) is 32.8. The molecule has 4 aromatic rings. The van der Waals surface area contributed by atoms with E-state index in [1.807, 2.05) is 54.6 Å². The molecule has 0 aliphatic carbocycles. The van der Waals surface area contributed by atoms with E-state index in [-0.39, 0.29) is 0 Å². The van der Waals surface area contributed by atoms with Gasteiger partial charge in [-0.1, -0.05) is 66.7 Å². The van der Waals surface area contributed by atoms with E-state index >= 15 is 0 Å². The molecule has 1 N–H and O–H groups in total. The van der Waals surface area contributed by atoms with Crippen molar-refractivity contribution in [2.75, 3.05) is 5.32 Å². The summed E-state index contributed by atoms with van der Waals surface area (Å²) in [6.07, 6.45) is 0. The SMILES string of the molecule is N#Cc1ccc(Nc2ccc(-c3ccccc3)cc2)c2ccccc12. The zero-order valence-corrected chi connectivity index (χ0v) is 13.6. The molecule has 0 saturated heterocycles. The molecule has 0 aliphatic heterocycles. The maximum Gasteiger partial charge on any atom is 0.0998 e. The largest absolute Gasteiger partial charge is 0.355 e. The first-order valence-electron chi connectivity index (χ1n) is 8.19. The van der Waals surface area contributed by atoms with Crippen LogP contribution < -0.4 is 5.32 Å². The fourth-order valence-corrected chi connectivity index (χ4v) is 3.04. The first-order chi connectivity index (χ1) is 12.3. The van der Waals surface area contributed by atoms with Gasteiger partial charge in [-0.3, -0.25) is 0 Å². The van der Waals surface area contributed by atoms with Crippen molar-refractivity contribution >= 4 is 22.1 Å². The molecular formula is C23H16N2. The lowest BCUT2D eigenvalue weighted by atomic mass is 10.0. The van der Waals surface area contributed by atoms with Crippen molar-refractivity contribution < 1.29 is 0 Å². The minimum atomic E-state index is 0.695. The Bertz CT molecular complexity index is 1060. The Morgan fingerprint density at radius 2 is 1.24 bits per heavy atom. The summed E-state index contributed by atoms with van der Waals surface area (Å²) in [7, 11) is 0. The van der Waals surface area contributed by atoms with Crippen molar-refractivity contribution in [3.05, 3.63) is 96.6 Å². The summed E-state index contributed by atoms with van der Waals surface area (Å²) in [4.78, 5) is 0. The van der Waals surface area contributed by atoms with E-state index in [2.05, 4.69) is 47.8 Å². The monoisotopic (exact) mass is 320 g/mol. The van der Waals surface area contributed by atoms with E-state index in [1.54, 1.807) is 0 Å². The van der Waals surface area contributed by atoms with Gasteiger partial charge in [0, 0.05) is 22.1 Å². The molecule has 0 unspecified atom stereocenters. The van der Waals surface area contributed by atoms with E-state index in [1.165, 1.54) is 11.1 Å². The average Bonchev–Trinajstić information content (AvgIpc) is 2.69. The Balaban J connectivity index is 1.67. The number of rotatable bonds is 3. The Kier molecular flexibility index (Phi) is 3.90. The van der Waals surface area contributed by atoms with Crippen LogP contribution in [-0.2, 0) is 0 Å². The van der Waals surface area contributed by atoms with Gasteiger partial charge in [0.2, 0.25) is 0 Å². The second kappa shape index (κ2) is 6.51. The van der Waals surface area contributed by atoms with Crippen molar-refractivity contribution in [1.29, 1.82) is 5.26 Å². The minimum Gasteiger partial charge on any atom is -0.355 e. The van der Waals surface area contributed by atoms with Crippen molar-refractivity contribution in [2.24, 2.45) is 0 Å². The number of anilines is 2. The molecule has 0 atom stereocenters. The summed E-state index contributed by atoms with van der Waals surface area (Å²) >= 11 is 0. The summed E-state index contributed by atoms with van der Waals surface area (Å²) in [5.74, 6) is 0. The van der Waals surface area contributed by atoms with Crippen LogP contribution in [-0.4, -0.2) is 0 Å². The van der Waals surface area contributed by atoms with Crippen LogP contribution in [0, 0.1) is 11.3 Å². The zero-order chi connectivity index (χ0) is 17.1. The van der Waals surface area contributed by atoms with Crippen LogP contribution in [0.5, 0.6) is 0 Å². The van der Waals surface area contributed by atoms with Gasteiger partial charge in [0.15, 0.2) is 0 Å². The fraction of sp³-hybridized carbons (Fsp3) is 0. The molecule has 0 fully saturated rings. The van der Waals surface area contributed by atoms with E-state index in [4.69, 9.17) is 0 Å². The second-order valence-electron chi connectivity index (χ2n) is 5.89. The number of hydrogen-bond acceptors (Lipinski definition) is 2. The lowest BCUT2D eigenvalue weighted by Gasteiger charge is -2.11. The molecular weight excluding hydrogens is 304 g/mol. The number of nitrogens with one attached hydrogen (secondary N) is 1. The van der Waals surface area contributed by atoms with Crippen molar-refractivity contribution in [2.45, 2.75) is 0 Å². The van der Waals surface area contributed by atoms with Crippen LogP contribution in [0.1, 0.15) is 5.56 Å². The summed E-state index contributed by atoms with van der Waals surface area (Å²) in [5.41, 5.74) is 5.12. The van der Waals surface area contributed by atoms with Gasteiger partial charge in [-0.05, 0) is 35.4 Å². The fourth-order valence-electron chi connectivity index (χ4n) is 3.04. The third-order valence-electron chi connectivity index (χ3n) is 4.32. The van der Waals surface area contributed by atoms with Gasteiger partial charge < -0.3 is 5.32 Å². The van der Waals surface area contributed by atoms with Crippen LogP contribution in [0.15, 0.2) is 91.0 Å². The smallest absolute Gasteiger partial charge is 0.0998 e. The van der Waals surface area contributed by atoms with Crippen LogP contribution in [0.4, 0.5) is 11.4 Å². The molecule has 0 amide bonds. The summed E-state index contributed by atoms with van der Waals surface area (Å²) in [6.45, 7) is 0. The molecule has 4 rings (SSSR count). The predicted molar refractivity (Wildman–Crippen MR) is 104 cm³/mol. The van der Waals surface area contributed by atoms with Crippen molar-refractivity contribution in [1.82, 2.24) is 0 Å². The molecule has 0 aliphatic rings. The standard InChI is InChI=1S/C23H16N2/c24-16-19-12-15-23(22-9-5-4-8-21(19)22)25-20-13-10-18(11-14-20)17-6-2-1-3-7-17/h1-15,25H. The number of benzene rings is 4. The summed E-state index contributed by atoms with van der Waals surface area (Å²) in [5, 5.41) is 14.8. The molecule has 25 heavy (non-hydrogen) atoms. The molecule has 0 spiro atoms. The minimum absolute atomic E-state index is 0.695. The summed E-state index contributed by atoms with van der Waals surface area (Å²) < 4.78 is 0. The van der Waals surface area contributed by atoms with Crippen LogP contribution in [0.3, 0.4) is 0 Å². The Morgan fingerprint density at radius 1 is 0.600 bits per heavy atom. The number of fused-ring (bicyclic) bond motifs is 1. The van der Waals surface area contributed by atoms with Crippen LogP contribution >= 0.6 is 0 Å². The van der Waals surface area contributed by atoms with Gasteiger partial charge in [0.1, 0.15) is 0 Å². The van der Waals surface area contributed by atoms with Crippen LogP contribution in [0.25, 0.3) is 21.9 Å². The molecule has 0 aromatic heterocycles. The molecule has 2 nitrogen and oxygen atoms in total. The zero-order valence-electron chi connectivity index (χ0n) is 13.6. The first-order valence-corrected chi connectivity index (χ1v) is 8.19. The van der Waals surface area contributed by atoms with Gasteiger partial charge in [-0.2, -0.15) is 5.26 Å². The Morgan fingerprint density at radius 3 is 1.96 bits per heavy atom. The lowest BCUT2D eigenvalue weighted by Crippen LogP contribution is -1.93. The number of hydrogen-bond donors (Lipinski definition) is 1. The predicted octanol–water partition coefficient (Wildman–Crippen LogP) is 6.12. The number of nitriles is 1. The van der Waals surface area contributed by atoms with Crippen molar-refractivity contribution in [3.63, 3.8) is 0 Å². The van der Waals surface area contributed by atoms with E-state index < -0.39 is 0 Å². The third-order valence-corrected chi connectivity index (χ3v) is 4.32. The molecule has 4 aromatic carbocycles. The molecule has 0 heterocycles. The van der Waals surface area contributed by atoms with E-state index in [0.29, 0.717) is 5.56 Å². The van der Waals surface area contributed by atoms with E-state index in [9.17, 15) is 5.26 Å². The Labute approximate surface area is 147 Å². The van der Waals surface area contributed by atoms with Crippen molar-refractivity contribution in [3.8, 4) is 17.2 Å². The highest BCUT2D eigenvalue weighted by molar-refractivity contribution is 5.98. The lowest BCUT2D eigenvalue weighted by molar-refractivity contribution is 1.50. The maximum atomic E-state index is 9.28. The van der Waals surface area contributed by atoms with Crippen LogP contribution in [0.2, 0.25) is 0 Å². The number of nitrogens with zero attached hydrogens (tertiary/aromatic N) is 1. The molecule has 0 radical (unpaired) electrons. The highest BCUT2D eigenvalue weighted by Crippen LogP contribution is 2.29. The Hall–Kier alpha value is -3.57. The molecule has 118 valence electrons. The van der Waals surface area contributed by atoms with Gasteiger partial charge in [0.05, 0.1) is 11.6 Å².